The van der Waals surface area contributed by atoms with Gasteiger partial charge >= 0.3 is 6.03 Å². The lowest BCUT2D eigenvalue weighted by Crippen LogP contribution is -2.20. The number of nitrogens with one attached hydrogen (secondary N) is 3. The van der Waals surface area contributed by atoms with Crippen molar-refractivity contribution >= 4 is 33.2 Å². The minimum absolute atomic E-state index is 0.0174. The van der Waals surface area contributed by atoms with Crippen LogP contribution in [0.1, 0.15) is 5.76 Å². The number of benzene rings is 2. The molecule has 9 nitrogen and oxygen atoms in total. The molecule has 0 aliphatic rings. The standard InChI is InChI=1S/C18H18N4O5S/c1-12-11-17(21-27-12)22-28(24,25)14-9-7-13(8-10-14)19-18(23)20-15-5-3-4-6-16(15)26-2/h3-11H,1-2H3,(H,21,22)(H2,19,20,23). The lowest BCUT2D eigenvalue weighted by Gasteiger charge is -2.11. The van der Waals surface area contributed by atoms with Crippen molar-refractivity contribution in [3.8, 4) is 5.75 Å². The average molecular weight is 402 g/mol. The molecule has 1 aromatic heterocycles. The summed E-state index contributed by atoms with van der Waals surface area (Å²) in [6, 6.07) is 13.6. The number of methoxy groups -OCH3 is 1. The number of anilines is 3. The minimum atomic E-state index is -3.82. The number of para-hydroxylation sites is 2. The number of urea groups is 1. The van der Waals surface area contributed by atoms with Gasteiger partial charge in [-0.2, -0.15) is 0 Å². The van der Waals surface area contributed by atoms with E-state index >= 15 is 0 Å². The second-order valence-electron chi connectivity index (χ2n) is 5.73. The summed E-state index contributed by atoms with van der Waals surface area (Å²) >= 11 is 0. The Kier molecular flexibility index (Phi) is 5.50. The van der Waals surface area contributed by atoms with Crippen LogP contribution in [0.3, 0.4) is 0 Å². The van der Waals surface area contributed by atoms with Gasteiger partial charge in [0.2, 0.25) is 0 Å². The molecule has 0 bridgehead atoms. The predicted molar refractivity (Wildman–Crippen MR) is 104 cm³/mol. The van der Waals surface area contributed by atoms with E-state index in [1.807, 2.05) is 0 Å². The van der Waals surface area contributed by atoms with Crippen LogP contribution < -0.4 is 20.1 Å². The van der Waals surface area contributed by atoms with Gasteiger partial charge in [-0.15, -0.1) is 0 Å². The molecule has 0 spiro atoms. The number of nitrogens with zero attached hydrogens (tertiary/aromatic N) is 1. The number of sulfonamides is 1. The van der Waals surface area contributed by atoms with E-state index in [0.717, 1.165) is 0 Å². The Hall–Kier alpha value is -3.53. The highest BCUT2D eigenvalue weighted by Crippen LogP contribution is 2.23. The molecule has 3 aromatic rings. The van der Waals surface area contributed by atoms with Crippen molar-refractivity contribution in [2.75, 3.05) is 22.5 Å². The Balaban J connectivity index is 1.66. The summed E-state index contributed by atoms with van der Waals surface area (Å²) in [5.74, 6) is 1.10. The molecule has 0 aliphatic heterocycles. The quantitative estimate of drug-likeness (QED) is 0.580. The number of rotatable bonds is 6. The maximum atomic E-state index is 12.3. The number of carbonyl (C=O) groups is 1. The summed E-state index contributed by atoms with van der Waals surface area (Å²) in [6.07, 6.45) is 0. The van der Waals surface area contributed by atoms with Crippen molar-refractivity contribution in [2.45, 2.75) is 11.8 Å². The first-order valence-electron chi connectivity index (χ1n) is 8.14. The van der Waals surface area contributed by atoms with E-state index in [1.54, 1.807) is 31.2 Å². The number of aryl methyl sites for hydroxylation is 1. The van der Waals surface area contributed by atoms with E-state index in [0.29, 0.717) is 22.9 Å². The maximum Gasteiger partial charge on any atom is 0.323 e. The van der Waals surface area contributed by atoms with Gasteiger partial charge in [-0.1, -0.05) is 17.3 Å². The number of aromatic nitrogens is 1. The molecule has 0 saturated heterocycles. The van der Waals surface area contributed by atoms with Gasteiger partial charge in [-0.05, 0) is 43.3 Å². The first kappa shape index (κ1) is 19.2. The largest absolute Gasteiger partial charge is 0.495 e. The maximum absolute atomic E-state index is 12.3. The van der Waals surface area contributed by atoms with Gasteiger partial charge in [0.05, 0.1) is 17.7 Å². The van der Waals surface area contributed by atoms with Crippen LogP contribution in [-0.2, 0) is 10.0 Å². The molecule has 0 unspecified atom stereocenters. The van der Waals surface area contributed by atoms with Crippen LogP contribution in [0.2, 0.25) is 0 Å². The molecule has 10 heteroatoms. The topological polar surface area (TPSA) is 123 Å². The summed E-state index contributed by atoms with van der Waals surface area (Å²) in [6.45, 7) is 1.65. The summed E-state index contributed by atoms with van der Waals surface area (Å²) in [4.78, 5) is 12.2. The molecule has 1 heterocycles. The lowest BCUT2D eigenvalue weighted by atomic mass is 10.3. The van der Waals surface area contributed by atoms with E-state index < -0.39 is 16.1 Å². The SMILES string of the molecule is COc1ccccc1NC(=O)Nc1ccc(S(=O)(=O)Nc2cc(C)on2)cc1. The molecule has 146 valence electrons. The van der Waals surface area contributed by atoms with E-state index in [4.69, 9.17) is 9.26 Å². The molecule has 2 aromatic carbocycles. The van der Waals surface area contributed by atoms with Crippen molar-refractivity contribution in [1.29, 1.82) is 0 Å². The fraction of sp³-hybridized carbons (Fsp3) is 0.111. The minimum Gasteiger partial charge on any atom is -0.495 e. The zero-order valence-electron chi connectivity index (χ0n) is 15.1. The second-order valence-corrected chi connectivity index (χ2v) is 7.41. The Labute approximate surface area is 161 Å². The van der Waals surface area contributed by atoms with Crippen LogP contribution in [0.5, 0.6) is 5.75 Å². The van der Waals surface area contributed by atoms with Gasteiger partial charge in [0.25, 0.3) is 10.0 Å². The zero-order valence-corrected chi connectivity index (χ0v) is 15.9. The molecule has 28 heavy (non-hydrogen) atoms. The molecule has 0 radical (unpaired) electrons. The molecule has 3 rings (SSSR count). The fourth-order valence-corrected chi connectivity index (χ4v) is 3.34. The molecule has 0 fully saturated rings. The molecule has 0 saturated carbocycles. The van der Waals surface area contributed by atoms with Crippen LogP contribution in [0.4, 0.5) is 22.0 Å². The molecular formula is C18H18N4O5S. The summed E-state index contributed by atoms with van der Waals surface area (Å²) in [7, 11) is -2.31. The third-order valence-electron chi connectivity index (χ3n) is 3.64. The molecular weight excluding hydrogens is 384 g/mol. The van der Waals surface area contributed by atoms with Crippen LogP contribution in [0.25, 0.3) is 0 Å². The van der Waals surface area contributed by atoms with Gasteiger partial charge in [0, 0.05) is 11.8 Å². The van der Waals surface area contributed by atoms with Crippen molar-refractivity contribution in [2.24, 2.45) is 0 Å². The van der Waals surface area contributed by atoms with E-state index in [9.17, 15) is 13.2 Å². The highest BCUT2D eigenvalue weighted by Gasteiger charge is 2.16. The first-order chi connectivity index (χ1) is 13.4. The first-order valence-corrected chi connectivity index (χ1v) is 9.63. The van der Waals surface area contributed by atoms with Crippen LogP contribution in [-0.4, -0.2) is 26.7 Å². The Morgan fingerprint density at radius 2 is 1.79 bits per heavy atom. The normalized spacial score (nSPS) is 10.9. The summed E-state index contributed by atoms with van der Waals surface area (Å²) in [5, 5.41) is 8.89. The van der Waals surface area contributed by atoms with Crippen molar-refractivity contribution in [3.63, 3.8) is 0 Å². The Morgan fingerprint density at radius 1 is 1.07 bits per heavy atom. The summed E-state index contributed by atoms with van der Waals surface area (Å²) in [5.41, 5.74) is 0.928. The Bertz CT molecular complexity index is 1080. The second kappa shape index (κ2) is 8.01. The average Bonchev–Trinajstić information content (AvgIpc) is 3.06. The lowest BCUT2D eigenvalue weighted by molar-refractivity contribution is 0.262. The molecule has 0 atom stereocenters. The fourth-order valence-electron chi connectivity index (χ4n) is 2.36. The van der Waals surface area contributed by atoms with Gasteiger partial charge in [-0.3, -0.25) is 4.72 Å². The van der Waals surface area contributed by atoms with E-state index in [1.165, 1.54) is 37.4 Å². The van der Waals surface area contributed by atoms with Gasteiger partial charge in [-0.25, -0.2) is 13.2 Å². The molecule has 0 aliphatic carbocycles. The third-order valence-corrected chi connectivity index (χ3v) is 5.02. The van der Waals surface area contributed by atoms with E-state index in [-0.39, 0.29) is 10.7 Å². The number of hydrogen-bond donors (Lipinski definition) is 3. The van der Waals surface area contributed by atoms with Crippen molar-refractivity contribution in [1.82, 2.24) is 5.16 Å². The third kappa shape index (κ3) is 4.60. The van der Waals surface area contributed by atoms with Crippen LogP contribution in [0.15, 0.2) is 64.0 Å². The van der Waals surface area contributed by atoms with Gasteiger partial charge in [0.1, 0.15) is 11.5 Å². The zero-order chi connectivity index (χ0) is 20.1. The van der Waals surface area contributed by atoms with Crippen LogP contribution in [0, 0.1) is 6.92 Å². The van der Waals surface area contributed by atoms with Crippen molar-refractivity contribution < 1.29 is 22.5 Å². The van der Waals surface area contributed by atoms with Crippen molar-refractivity contribution in [3.05, 3.63) is 60.4 Å². The van der Waals surface area contributed by atoms with Gasteiger partial charge in [0.15, 0.2) is 5.82 Å². The summed E-state index contributed by atoms with van der Waals surface area (Å²) < 4.78 is 37.0. The van der Waals surface area contributed by atoms with Gasteiger partial charge < -0.3 is 19.9 Å². The predicted octanol–water partition coefficient (Wildman–Crippen LogP) is 3.44. The highest BCUT2D eigenvalue weighted by atomic mass is 32.2. The molecule has 3 N–H and O–H groups in total. The molecule has 2 amide bonds. The van der Waals surface area contributed by atoms with E-state index in [2.05, 4.69) is 20.5 Å². The number of hydrogen-bond acceptors (Lipinski definition) is 6. The monoisotopic (exact) mass is 402 g/mol. The smallest absolute Gasteiger partial charge is 0.323 e. The highest BCUT2D eigenvalue weighted by molar-refractivity contribution is 7.92. The number of amides is 2. The van der Waals surface area contributed by atoms with Crippen LogP contribution >= 0.6 is 0 Å². The Morgan fingerprint density at radius 3 is 2.43 bits per heavy atom. The number of carbonyl (C=O) groups excluding carboxylic acids is 1. The number of ether oxygens (including phenoxy) is 1.